The number of aryl methyl sites for hydroxylation is 2. The van der Waals surface area contributed by atoms with Crippen molar-refractivity contribution in [3.63, 3.8) is 0 Å². The van der Waals surface area contributed by atoms with Gasteiger partial charge in [0.15, 0.2) is 0 Å². The van der Waals surface area contributed by atoms with Gasteiger partial charge in [-0.05, 0) is 35.3 Å². The summed E-state index contributed by atoms with van der Waals surface area (Å²) in [6, 6.07) is 0. The van der Waals surface area contributed by atoms with E-state index in [-0.39, 0.29) is 0 Å². The number of hydrogen-bond acceptors (Lipinski definition) is 2. The molecule has 1 heterocycles. The molecule has 98 valence electrons. The summed E-state index contributed by atoms with van der Waals surface area (Å²) in [4.78, 5) is 2.45. The molecule has 1 aromatic rings. The molecule has 0 aromatic carbocycles. The molecule has 0 saturated carbocycles. The zero-order valence-corrected chi connectivity index (χ0v) is 14.0. The maximum Gasteiger partial charge on any atom is 0.0767 e. The second-order valence-electron chi connectivity index (χ2n) is 4.15. The molecular weight excluding hydrogens is 346 g/mol. The van der Waals surface area contributed by atoms with Gasteiger partial charge in [-0.2, -0.15) is 5.10 Å². The van der Waals surface area contributed by atoms with E-state index in [4.69, 9.17) is 0 Å². The minimum absolute atomic E-state index is 0.962. The summed E-state index contributed by atoms with van der Waals surface area (Å²) in [5, 5.41) is 5.55. The zero-order chi connectivity index (χ0) is 12.8. The fraction of sp³-hybridized carbons (Fsp3) is 0.750. The van der Waals surface area contributed by atoms with Gasteiger partial charge in [0.25, 0.3) is 0 Å². The van der Waals surface area contributed by atoms with E-state index in [1.165, 1.54) is 16.6 Å². The summed E-state index contributed by atoms with van der Waals surface area (Å²) in [5.41, 5.74) is 2.43. The molecule has 1 aromatic heterocycles. The van der Waals surface area contributed by atoms with Gasteiger partial charge >= 0.3 is 0 Å². The third-order valence-electron chi connectivity index (χ3n) is 2.82. The number of rotatable bonds is 7. The van der Waals surface area contributed by atoms with Crippen LogP contribution in [0, 0.1) is 0 Å². The van der Waals surface area contributed by atoms with Crippen LogP contribution in [0.4, 0.5) is 0 Å². The Hall–Kier alpha value is 0.130. The third kappa shape index (κ3) is 4.07. The van der Waals surface area contributed by atoms with Gasteiger partial charge in [-0.25, -0.2) is 0 Å². The summed E-state index contributed by atoms with van der Waals surface area (Å²) in [5.74, 6) is 0. The van der Waals surface area contributed by atoms with Crippen molar-refractivity contribution in [3.8, 4) is 0 Å². The van der Waals surface area contributed by atoms with Crippen LogP contribution in [-0.4, -0.2) is 33.1 Å². The molecule has 0 fully saturated rings. The zero-order valence-electron chi connectivity index (χ0n) is 10.8. The first kappa shape index (κ1) is 15.2. The van der Waals surface area contributed by atoms with E-state index in [1.54, 1.807) is 0 Å². The quantitative estimate of drug-likeness (QED) is 0.690. The number of nitrogens with zero attached hydrogens (tertiary/aromatic N) is 3. The Morgan fingerprint density at radius 1 is 1.29 bits per heavy atom. The van der Waals surface area contributed by atoms with E-state index in [0.717, 1.165) is 37.1 Å². The van der Waals surface area contributed by atoms with E-state index >= 15 is 0 Å². The van der Waals surface area contributed by atoms with Crippen LogP contribution in [0.5, 0.6) is 0 Å². The molecule has 5 heteroatoms. The average Bonchev–Trinajstić information content (AvgIpc) is 2.57. The highest BCUT2D eigenvalue weighted by Crippen LogP contribution is 2.23. The average molecular weight is 367 g/mol. The van der Waals surface area contributed by atoms with Gasteiger partial charge in [0, 0.05) is 25.5 Å². The van der Waals surface area contributed by atoms with Crippen molar-refractivity contribution in [1.29, 1.82) is 0 Å². The molecule has 0 aliphatic rings. The molecule has 0 radical (unpaired) electrons. The van der Waals surface area contributed by atoms with Crippen LogP contribution in [0.1, 0.15) is 31.7 Å². The van der Waals surface area contributed by atoms with Crippen LogP contribution in [0.3, 0.4) is 0 Å². The van der Waals surface area contributed by atoms with Gasteiger partial charge in [-0.15, -0.1) is 0 Å². The first-order chi connectivity index (χ1) is 8.13. The molecule has 0 amide bonds. The lowest BCUT2D eigenvalue weighted by Gasteiger charge is -2.20. The monoisotopic (exact) mass is 365 g/mol. The standard InChI is InChI=1S/C12H21Br2N3/c1-4-7-17(8-6-13)9-11-12(14)10(5-2)15-16(11)3/h4-9H2,1-3H3. The van der Waals surface area contributed by atoms with E-state index in [0.29, 0.717) is 0 Å². The molecule has 0 spiro atoms. The predicted molar refractivity (Wildman–Crippen MR) is 79.6 cm³/mol. The second-order valence-corrected chi connectivity index (χ2v) is 5.74. The molecular formula is C12H21Br2N3. The molecule has 0 N–H and O–H groups in total. The lowest BCUT2D eigenvalue weighted by Crippen LogP contribution is -2.27. The Bertz CT molecular complexity index is 344. The maximum absolute atomic E-state index is 4.53. The summed E-state index contributed by atoms with van der Waals surface area (Å²) < 4.78 is 3.18. The number of halogens is 2. The highest BCUT2D eigenvalue weighted by atomic mass is 79.9. The van der Waals surface area contributed by atoms with Crippen LogP contribution in [0.2, 0.25) is 0 Å². The normalized spacial score (nSPS) is 11.4. The fourth-order valence-electron chi connectivity index (χ4n) is 1.91. The highest BCUT2D eigenvalue weighted by molar-refractivity contribution is 9.10. The van der Waals surface area contributed by atoms with Gasteiger partial charge in [0.2, 0.25) is 0 Å². The summed E-state index contributed by atoms with van der Waals surface area (Å²) in [7, 11) is 2.03. The maximum atomic E-state index is 4.53. The van der Waals surface area contributed by atoms with Crippen molar-refractivity contribution in [2.45, 2.75) is 33.2 Å². The van der Waals surface area contributed by atoms with E-state index in [9.17, 15) is 0 Å². The molecule has 0 unspecified atom stereocenters. The van der Waals surface area contributed by atoms with Gasteiger partial charge < -0.3 is 0 Å². The first-order valence-corrected chi connectivity index (χ1v) is 8.04. The van der Waals surface area contributed by atoms with Crippen molar-refractivity contribution >= 4 is 31.9 Å². The summed E-state index contributed by atoms with van der Waals surface area (Å²) >= 11 is 7.18. The van der Waals surface area contributed by atoms with Gasteiger partial charge in [0.05, 0.1) is 15.9 Å². The SMILES string of the molecule is CCCN(CCBr)Cc1c(Br)c(CC)nn1C. The minimum atomic E-state index is 0.962. The van der Waals surface area contributed by atoms with Crippen LogP contribution in [0.15, 0.2) is 4.47 Å². The van der Waals surface area contributed by atoms with Crippen LogP contribution in [-0.2, 0) is 20.0 Å². The molecule has 0 aliphatic carbocycles. The highest BCUT2D eigenvalue weighted by Gasteiger charge is 2.15. The fourth-order valence-corrected chi connectivity index (χ4v) is 3.15. The smallest absolute Gasteiger partial charge is 0.0767 e. The van der Waals surface area contributed by atoms with Crippen molar-refractivity contribution < 1.29 is 0 Å². The van der Waals surface area contributed by atoms with Gasteiger partial charge in [-0.1, -0.05) is 29.8 Å². The Morgan fingerprint density at radius 3 is 2.47 bits per heavy atom. The molecule has 0 saturated heterocycles. The van der Waals surface area contributed by atoms with Gasteiger partial charge in [0.1, 0.15) is 0 Å². The number of aromatic nitrogens is 2. The van der Waals surface area contributed by atoms with Crippen LogP contribution in [0.25, 0.3) is 0 Å². The van der Waals surface area contributed by atoms with Crippen molar-refractivity contribution in [3.05, 3.63) is 15.9 Å². The number of hydrogen-bond donors (Lipinski definition) is 0. The predicted octanol–water partition coefficient (Wildman–Crippen LogP) is 3.35. The van der Waals surface area contributed by atoms with Gasteiger partial charge in [-0.3, -0.25) is 9.58 Å². The van der Waals surface area contributed by atoms with Crippen LogP contribution >= 0.6 is 31.9 Å². The Balaban J connectivity index is 2.80. The van der Waals surface area contributed by atoms with E-state index in [2.05, 4.69) is 55.7 Å². The molecule has 0 aliphatic heterocycles. The molecule has 17 heavy (non-hydrogen) atoms. The third-order valence-corrected chi connectivity index (χ3v) is 4.09. The van der Waals surface area contributed by atoms with Crippen LogP contribution < -0.4 is 0 Å². The summed E-state index contributed by atoms with van der Waals surface area (Å²) in [6.45, 7) is 7.53. The molecule has 0 atom stereocenters. The van der Waals surface area contributed by atoms with Crippen molar-refractivity contribution in [2.75, 3.05) is 18.4 Å². The lowest BCUT2D eigenvalue weighted by atomic mass is 10.3. The van der Waals surface area contributed by atoms with E-state index < -0.39 is 0 Å². The van der Waals surface area contributed by atoms with Crippen molar-refractivity contribution in [1.82, 2.24) is 14.7 Å². The molecule has 1 rings (SSSR count). The van der Waals surface area contributed by atoms with Crippen molar-refractivity contribution in [2.24, 2.45) is 7.05 Å². The Kier molecular flexibility index (Phi) is 6.74. The largest absolute Gasteiger partial charge is 0.297 e. The molecule has 0 bridgehead atoms. The minimum Gasteiger partial charge on any atom is -0.297 e. The van der Waals surface area contributed by atoms with E-state index in [1.807, 2.05) is 11.7 Å². The lowest BCUT2D eigenvalue weighted by molar-refractivity contribution is 0.275. The number of alkyl halides is 1. The Morgan fingerprint density at radius 2 is 2.00 bits per heavy atom. The first-order valence-electron chi connectivity index (χ1n) is 6.12. The molecule has 3 nitrogen and oxygen atoms in total. The summed E-state index contributed by atoms with van der Waals surface area (Å²) in [6.07, 6.45) is 2.16. The topological polar surface area (TPSA) is 21.1 Å². The Labute approximate surface area is 121 Å². The second kappa shape index (κ2) is 7.54.